The monoisotopic (exact) mass is 334 g/mol. The van der Waals surface area contributed by atoms with E-state index in [9.17, 15) is 17.6 Å². The van der Waals surface area contributed by atoms with E-state index in [1.807, 2.05) is 6.92 Å². The molecule has 0 spiro atoms. The van der Waals surface area contributed by atoms with Crippen molar-refractivity contribution in [3.8, 4) is 0 Å². The van der Waals surface area contributed by atoms with Crippen molar-refractivity contribution < 1.29 is 17.6 Å². The number of halogens is 2. The molecule has 8 heteroatoms. The average Bonchev–Trinajstić information content (AvgIpc) is 2.76. The van der Waals surface area contributed by atoms with Gasteiger partial charge in [0.1, 0.15) is 4.90 Å². The summed E-state index contributed by atoms with van der Waals surface area (Å²) in [6.45, 7) is 1.88. The molecule has 1 saturated carbocycles. The number of hydrogen-bond donors (Lipinski definition) is 2. The fraction of sp³-hybridized carbons (Fsp3) is 0.462. The lowest BCUT2D eigenvalue weighted by molar-refractivity contribution is 0.0903. The fourth-order valence-electron chi connectivity index (χ4n) is 2.56. The minimum absolute atomic E-state index is 0.0675. The number of nitrogens with two attached hydrogens (primary N) is 1. The summed E-state index contributed by atoms with van der Waals surface area (Å²) in [4.78, 5) is 11.4. The van der Waals surface area contributed by atoms with Crippen molar-refractivity contribution in [2.45, 2.75) is 43.0 Å². The van der Waals surface area contributed by atoms with Crippen LogP contribution in [-0.2, 0) is 10.0 Å². The highest BCUT2D eigenvalue weighted by Gasteiger charge is 2.32. The number of carbonyl (C=O) groups is 1. The second-order valence-corrected chi connectivity index (χ2v) is 7.50. The fourth-order valence-corrected chi connectivity index (χ4v) is 3.49. The van der Waals surface area contributed by atoms with Crippen molar-refractivity contribution in [2.24, 2.45) is 5.14 Å². The number of hydrogen-bond acceptors (Lipinski definition) is 3. The Balaban J connectivity index is 2.40. The number of benzene rings is 1. The van der Waals surface area contributed by atoms with Gasteiger partial charge < -0.3 is 5.32 Å². The van der Waals surface area contributed by atoms with Gasteiger partial charge in [0.25, 0.3) is 5.91 Å². The maximum absolute atomic E-state index is 14.2. The summed E-state index contributed by atoms with van der Waals surface area (Å²) >= 11 is 5.76. The molecule has 1 aromatic carbocycles. The molecule has 0 atom stereocenters. The second kappa shape index (κ2) is 5.55. The zero-order chi connectivity index (χ0) is 15.8. The molecule has 0 aromatic heterocycles. The molecule has 0 saturated heterocycles. The Hall–Kier alpha value is -1.18. The summed E-state index contributed by atoms with van der Waals surface area (Å²) in [6, 6.07) is 1.99. The molecule has 116 valence electrons. The number of amides is 1. The molecule has 0 aliphatic heterocycles. The summed E-state index contributed by atoms with van der Waals surface area (Å²) in [5.74, 6) is -1.87. The van der Waals surface area contributed by atoms with Crippen LogP contribution in [0.15, 0.2) is 17.0 Å². The lowest BCUT2D eigenvalue weighted by Crippen LogP contribution is -2.44. The van der Waals surface area contributed by atoms with Crippen LogP contribution >= 0.6 is 11.6 Å². The molecule has 0 unspecified atom stereocenters. The van der Waals surface area contributed by atoms with Gasteiger partial charge in [0.2, 0.25) is 10.0 Å². The SMILES string of the molecule is CC1(NC(=O)c2cc(Cl)cc(S(N)(=O)=O)c2F)CCCC1. The lowest BCUT2D eigenvalue weighted by atomic mass is 10.00. The summed E-state index contributed by atoms with van der Waals surface area (Å²) in [5.41, 5.74) is -0.826. The zero-order valence-electron chi connectivity index (χ0n) is 11.4. The molecule has 0 heterocycles. The van der Waals surface area contributed by atoms with Gasteiger partial charge in [-0.05, 0) is 31.9 Å². The van der Waals surface area contributed by atoms with Gasteiger partial charge in [0.15, 0.2) is 5.82 Å². The molecule has 1 fully saturated rings. The number of sulfonamides is 1. The highest BCUT2D eigenvalue weighted by atomic mass is 35.5. The first-order valence-corrected chi connectivity index (χ1v) is 8.39. The first-order valence-electron chi connectivity index (χ1n) is 6.47. The third-order valence-corrected chi connectivity index (χ3v) is 4.81. The van der Waals surface area contributed by atoms with E-state index in [2.05, 4.69) is 5.32 Å². The first kappa shape index (κ1) is 16.2. The van der Waals surface area contributed by atoms with Crippen LogP contribution in [0.3, 0.4) is 0 Å². The summed E-state index contributed by atoms with van der Waals surface area (Å²) in [6.07, 6.45) is 3.56. The van der Waals surface area contributed by atoms with Crippen LogP contribution in [0.5, 0.6) is 0 Å². The van der Waals surface area contributed by atoms with Crippen LogP contribution in [0.2, 0.25) is 5.02 Å². The Labute approximate surface area is 127 Å². The van der Waals surface area contributed by atoms with Crippen LogP contribution in [0.1, 0.15) is 43.0 Å². The van der Waals surface area contributed by atoms with Gasteiger partial charge in [-0.25, -0.2) is 17.9 Å². The maximum atomic E-state index is 14.2. The van der Waals surface area contributed by atoms with Crippen LogP contribution < -0.4 is 10.5 Å². The molecule has 0 bridgehead atoms. The largest absolute Gasteiger partial charge is 0.347 e. The van der Waals surface area contributed by atoms with E-state index in [-0.39, 0.29) is 5.02 Å². The molecule has 1 aromatic rings. The Morgan fingerprint density at radius 3 is 2.48 bits per heavy atom. The van der Waals surface area contributed by atoms with Gasteiger partial charge in [-0.3, -0.25) is 4.79 Å². The standard InChI is InChI=1S/C13H16ClFN2O3S/c1-13(4-2-3-5-13)17-12(18)9-6-8(14)7-10(11(9)15)21(16,19)20/h6-7H,2-5H2,1H3,(H,17,18)(H2,16,19,20). The van der Waals surface area contributed by atoms with Crippen LogP contribution in [0.25, 0.3) is 0 Å². The van der Waals surface area contributed by atoms with E-state index in [1.54, 1.807) is 0 Å². The molecular weight excluding hydrogens is 319 g/mol. The predicted octanol–water partition coefficient (Wildman–Crippen LogP) is 2.19. The van der Waals surface area contributed by atoms with Crippen LogP contribution in [0, 0.1) is 5.82 Å². The molecule has 1 aliphatic carbocycles. The molecule has 0 radical (unpaired) electrons. The molecule has 1 amide bonds. The van der Waals surface area contributed by atoms with Crippen molar-refractivity contribution in [1.29, 1.82) is 0 Å². The van der Waals surface area contributed by atoms with E-state index >= 15 is 0 Å². The van der Waals surface area contributed by atoms with Gasteiger partial charge >= 0.3 is 0 Å². The number of carbonyl (C=O) groups excluding carboxylic acids is 1. The molecule has 21 heavy (non-hydrogen) atoms. The van der Waals surface area contributed by atoms with E-state index in [0.29, 0.717) is 0 Å². The Morgan fingerprint density at radius 2 is 1.95 bits per heavy atom. The van der Waals surface area contributed by atoms with Gasteiger partial charge in [-0.15, -0.1) is 0 Å². The molecule has 1 aliphatic rings. The third kappa shape index (κ3) is 3.53. The van der Waals surface area contributed by atoms with Crippen LogP contribution in [-0.4, -0.2) is 19.9 Å². The summed E-state index contributed by atoms with van der Waals surface area (Å²) in [5, 5.41) is 7.60. The number of nitrogens with one attached hydrogen (secondary N) is 1. The zero-order valence-corrected chi connectivity index (χ0v) is 13.0. The summed E-state index contributed by atoms with van der Waals surface area (Å²) in [7, 11) is -4.29. The molecule has 3 N–H and O–H groups in total. The molecular formula is C13H16ClFN2O3S. The average molecular weight is 335 g/mol. The van der Waals surface area contributed by atoms with Crippen molar-refractivity contribution in [1.82, 2.24) is 5.32 Å². The first-order chi connectivity index (χ1) is 9.62. The third-order valence-electron chi connectivity index (χ3n) is 3.68. The predicted molar refractivity (Wildman–Crippen MR) is 77.1 cm³/mol. The lowest BCUT2D eigenvalue weighted by Gasteiger charge is -2.25. The van der Waals surface area contributed by atoms with Crippen LogP contribution in [0.4, 0.5) is 4.39 Å². The van der Waals surface area contributed by atoms with Gasteiger partial charge in [-0.1, -0.05) is 24.4 Å². The van der Waals surface area contributed by atoms with Gasteiger partial charge in [0, 0.05) is 10.6 Å². The second-order valence-electron chi connectivity index (χ2n) is 5.53. The molecule has 2 rings (SSSR count). The smallest absolute Gasteiger partial charge is 0.254 e. The Bertz CT molecular complexity index is 685. The Morgan fingerprint density at radius 1 is 1.38 bits per heavy atom. The van der Waals surface area contributed by atoms with Crippen molar-refractivity contribution in [3.63, 3.8) is 0 Å². The minimum atomic E-state index is -4.29. The van der Waals surface area contributed by atoms with E-state index in [4.69, 9.17) is 16.7 Å². The van der Waals surface area contributed by atoms with Crippen molar-refractivity contribution in [3.05, 3.63) is 28.5 Å². The van der Waals surface area contributed by atoms with E-state index < -0.39 is 37.7 Å². The maximum Gasteiger partial charge on any atom is 0.254 e. The Kier molecular flexibility index (Phi) is 4.28. The number of rotatable bonds is 3. The van der Waals surface area contributed by atoms with Gasteiger partial charge in [-0.2, -0.15) is 0 Å². The van der Waals surface area contributed by atoms with Crippen molar-refractivity contribution >= 4 is 27.5 Å². The highest BCUT2D eigenvalue weighted by Crippen LogP contribution is 2.30. The minimum Gasteiger partial charge on any atom is -0.347 e. The topological polar surface area (TPSA) is 89.3 Å². The highest BCUT2D eigenvalue weighted by molar-refractivity contribution is 7.89. The number of primary sulfonamides is 1. The quantitative estimate of drug-likeness (QED) is 0.887. The normalized spacial score (nSPS) is 17.7. The van der Waals surface area contributed by atoms with E-state index in [0.717, 1.165) is 37.8 Å². The van der Waals surface area contributed by atoms with Gasteiger partial charge in [0.05, 0.1) is 5.56 Å². The molecule has 5 nitrogen and oxygen atoms in total. The van der Waals surface area contributed by atoms with Crippen molar-refractivity contribution in [2.75, 3.05) is 0 Å². The van der Waals surface area contributed by atoms with E-state index in [1.165, 1.54) is 0 Å². The summed E-state index contributed by atoms with van der Waals surface area (Å²) < 4.78 is 36.9.